The Kier molecular flexibility index (Phi) is 3.44. The van der Waals surface area contributed by atoms with Crippen molar-refractivity contribution in [3.05, 3.63) is 60.4 Å². The molecule has 1 saturated heterocycles. The average Bonchev–Trinajstić information content (AvgIpc) is 2.93. The highest BCUT2D eigenvalue weighted by atomic mass is 16.7. The van der Waals surface area contributed by atoms with Gasteiger partial charge in [0.05, 0.1) is 18.3 Å². The first-order valence-electron chi connectivity index (χ1n) is 6.40. The van der Waals surface area contributed by atoms with Gasteiger partial charge in [-0.25, -0.2) is 5.06 Å². The normalized spacial score (nSPS) is 22.7. The Morgan fingerprint density at radius 2 is 2.05 bits per heavy atom. The third-order valence-electron chi connectivity index (χ3n) is 3.32. The van der Waals surface area contributed by atoms with Gasteiger partial charge in [-0.05, 0) is 23.8 Å². The van der Waals surface area contributed by atoms with E-state index in [1.165, 1.54) is 0 Å². The molecule has 2 heterocycles. The highest BCUT2D eigenvalue weighted by molar-refractivity contribution is 5.46. The van der Waals surface area contributed by atoms with E-state index in [1.54, 1.807) is 6.20 Å². The van der Waals surface area contributed by atoms with E-state index >= 15 is 0 Å². The number of aliphatic hydroxyl groups excluding tert-OH is 1. The SMILES string of the molecule is OCC1CC(c2cccnc2)N(c2ccccc2)O1. The lowest BCUT2D eigenvalue weighted by molar-refractivity contribution is 0.0406. The van der Waals surface area contributed by atoms with E-state index in [0.717, 1.165) is 17.7 Å². The maximum atomic E-state index is 9.33. The number of para-hydroxylation sites is 1. The van der Waals surface area contributed by atoms with E-state index in [4.69, 9.17) is 4.84 Å². The summed E-state index contributed by atoms with van der Waals surface area (Å²) in [5, 5.41) is 11.2. The van der Waals surface area contributed by atoms with E-state index in [9.17, 15) is 5.11 Å². The van der Waals surface area contributed by atoms with Crippen LogP contribution in [0.3, 0.4) is 0 Å². The number of rotatable bonds is 3. The third-order valence-corrected chi connectivity index (χ3v) is 3.32. The van der Waals surface area contributed by atoms with Crippen LogP contribution >= 0.6 is 0 Å². The summed E-state index contributed by atoms with van der Waals surface area (Å²) in [6.07, 6.45) is 4.21. The van der Waals surface area contributed by atoms with Gasteiger partial charge in [0.1, 0.15) is 6.10 Å². The highest BCUT2D eigenvalue weighted by Gasteiger charge is 2.34. The van der Waals surface area contributed by atoms with E-state index in [2.05, 4.69) is 4.98 Å². The molecule has 2 atom stereocenters. The fourth-order valence-electron chi connectivity index (χ4n) is 2.39. The van der Waals surface area contributed by atoms with Crippen LogP contribution in [0.5, 0.6) is 0 Å². The number of hydroxylamine groups is 1. The number of nitrogens with zero attached hydrogens (tertiary/aromatic N) is 2. The van der Waals surface area contributed by atoms with Crippen molar-refractivity contribution in [2.45, 2.75) is 18.6 Å². The Hall–Kier alpha value is -1.91. The molecule has 1 aliphatic heterocycles. The Balaban J connectivity index is 1.92. The first-order chi connectivity index (χ1) is 9.38. The molecule has 0 bridgehead atoms. The highest BCUT2D eigenvalue weighted by Crippen LogP contribution is 2.37. The minimum absolute atomic E-state index is 0.0279. The summed E-state index contributed by atoms with van der Waals surface area (Å²) in [7, 11) is 0. The fourth-order valence-corrected chi connectivity index (χ4v) is 2.39. The second-order valence-corrected chi connectivity index (χ2v) is 4.61. The minimum atomic E-state index is -0.162. The van der Waals surface area contributed by atoms with Gasteiger partial charge in [0.25, 0.3) is 0 Å². The molecule has 4 nitrogen and oxygen atoms in total. The van der Waals surface area contributed by atoms with Crippen LogP contribution in [0.2, 0.25) is 0 Å². The van der Waals surface area contributed by atoms with Crippen LogP contribution < -0.4 is 5.06 Å². The van der Waals surface area contributed by atoms with Crippen LogP contribution in [0.15, 0.2) is 54.9 Å². The maximum absolute atomic E-state index is 9.33. The quantitative estimate of drug-likeness (QED) is 0.915. The molecule has 1 aromatic carbocycles. The van der Waals surface area contributed by atoms with Gasteiger partial charge in [-0.3, -0.25) is 9.82 Å². The fraction of sp³-hybridized carbons (Fsp3) is 0.267. The second-order valence-electron chi connectivity index (χ2n) is 4.61. The molecule has 1 aliphatic rings. The van der Waals surface area contributed by atoms with Gasteiger partial charge < -0.3 is 5.11 Å². The van der Waals surface area contributed by atoms with Crippen molar-refractivity contribution in [2.75, 3.05) is 11.7 Å². The molecule has 0 aliphatic carbocycles. The summed E-state index contributed by atoms with van der Waals surface area (Å²) in [6.45, 7) is 0.0279. The predicted molar refractivity (Wildman–Crippen MR) is 72.5 cm³/mol. The van der Waals surface area contributed by atoms with Crippen molar-refractivity contribution in [1.29, 1.82) is 0 Å². The van der Waals surface area contributed by atoms with E-state index in [1.807, 2.05) is 53.7 Å². The molecule has 98 valence electrons. The van der Waals surface area contributed by atoms with Crippen LogP contribution in [0, 0.1) is 0 Å². The summed E-state index contributed by atoms with van der Waals surface area (Å²) >= 11 is 0. The molecule has 1 aromatic heterocycles. The van der Waals surface area contributed by atoms with Crippen LogP contribution in [0.25, 0.3) is 0 Å². The van der Waals surface area contributed by atoms with Crippen molar-refractivity contribution >= 4 is 5.69 Å². The van der Waals surface area contributed by atoms with Gasteiger partial charge in [-0.15, -0.1) is 0 Å². The van der Waals surface area contributed by atoms with Gasteiger partial charge in [0, 0.05) is 18.8 Å². The Morgan fingerprint density at radius 1 is 1.21 bits per heavy atom. The standard InChI is InChI=1S/C15H16N2O2/c18-11-14-9-15(12-5-4-8-16-10-12)17(19-14)13-6-2-1-3-7-13/h1-8,10,14-15,18H,9,11H2. The average molecular weight is 256 g/mol. The summed E-state index contributed by atoms with van der Waals surface area (Å²) in [5.74, 6) is 0. The van der Waals surface area contributed by atoms with Crippen molar-refractivity contribution in [3.8, 4) is 0 Å². The number of benzene rings is 1. The largest absolute Gasteiger partial charge is 0.394 e. The molecular formula is C15H16N2O2. The lowest BCUT2D eigenvalue weighted by Crippen LogP contribution is -2.22. The summed E-state index contributed by atoms with van der Waals surface area (Å²) in [6, 6.07) is 14.0. The Bertz CT molecular complexity index is 471. The number of hydrogen-bond donors (Lipinski definition) is 1. The summed E-state index contributed by atoms with van der Waals surface area (Å²) in [4.78, 5) is 9.98. The molecular weight excluding hydrogens is 240 g/mol. The zero-order valence-electron chi connectivity index (χ0n) is 10.5. The van der Waals surface area contributed by atoms with Crippen molar-refractivity contribution in [2.24, 2.45) is 0 Å². The number of aliphatic hydroxyl groups is 1. The molecule has 19 heavy (non-hydrogen) atoms. The molecule has 1 fully saturated rings. The molecule has 4 heteroatoms. The first kappa shape index (κ1) is 12.1. The molecule has 0 amide bonds. The van der Waals surface area contributed by atoms with Crippen LogP contribution in [-0.2, 0) is 4.84 Å². The summed E-state index contributed by atoms with van der Waals surface area (Å²) in [5.41, 5.74) is 2.09. The lowest BCUT2D eigenvalue weighted by atomic mass is 10.0. The molecule has 3 rings (SSSR count). The van der Waals surface area contributed by atoms with Crippen molar-refractivity contribution in [1.82, 2.24) is 4.98 Å². The number of hydrogen-bond acceptors (Lipinski definition) is 4. The van der Waals surface area contributed by atoms with E-state index in [0.29, 0.717) is 0 Å². The Labute approximate surface area is 112 Å². The molecule has 0 saturated carbocycles. The van der Waals surface area contributed by atoms with E-state index in [-0.39, 0.29) is 18.8 Å². The van der Waals surface area contributed by atoms with Gasteiger partial charge in [-0.2, -0.15) is 0 Å². The zero-order chi connectivity index (χ0) is 13.1. The number of anilines is 1. The molecule has 1 N–H and O–H groups in total. The smallest absolute Gasteiger partial charge is 0.111 e. The minimum Gasteiger partial charge on any atom is -0.394 e. The van der Waals surface area contributed by atoms with E-state index < -0.39 is 0 Å². The van der Waals surface area contributed by atoms with Crippen molar-refractivity contribution in [3.63, 3.8) is 0 Å². The maximum Gasteiger partial charge on any atom is 0.111 e. The van der Waals surface area contributed by atoms with Gasteiger partial charge in [-0.1, -0.05) is 24.3 Å². The van der Waals surface area contributed by atoms with Crippen LogP contribution in [-0.4, -0.2) is 22.8 Å². The van der Waals surface area contributed by atoms with Gasteiger partial charge in [0.2, 0.25) is 0 Å². The topological polar surface area (TPSA) is 45.6 Å². The first-order valence-corrected chi connectivity index (χ1v) is 6.40. The van der Waals surface area contributed by atoms with Crippen molar-refractivity contribution < 1.29 is 9.94 Å². The zero-order valence-corrected chi connectivity index (χ0v) is 10.5. The van der Waals surface area contributed by atoms with Gasteiger partial charge >= 0.3 is 0 Å². The predicted octanol–water partition coefficient (Wildman–Crippen LogP) is 2.33. The number of pyridine rings is 1. The number of aromatic nitrogens is 1. The summed E-state index contributed by atoms with van der Waals surface area (Å²) < 4.78 is 0. The molecule has 0 radical (unpaired) electrons. The molecule has 2 unspecified atom stereocenters. The van der Waals surface area contributed by atoms with Crippen LogP contribution in [0.1, 0.15) is 18.0 Å². The third kappa shape index (κ3) is 2.45. The lowest BCUT2D eigenvalue weighted by Gasteiger charge is -2.24. The molecule has 0 spiro atoms. The van der Waals surface area contributed by atoms with Gasteiger partial charge in [0.15, 0.2) is 0 Å². The van der Waals surface area contributed by atoms with Crippen LogP contribution in [0.4, 0.5) is 5.69 Å². The monoisotopic (exact) mass is 256 g/mol. The molecule has 2 aromatic rings. The second kappa shape index (κ2) is 5.38. The Morgan fingerprint density at radius 3 is 2.74 bits per heavy atom.